The SMILES string of the molecule is Cc1cc(C)c(S(=O)(=O)N2CCC(C(=O)N3CCN(Cc4ccncc4)CC3)CC2)c(C)c1. The smallest absolute Gasteiger partial charge is 0.243 e. The molecule has 2 saturated heterocycles. The highest BCUT2D eigenvalue weighted by Crippen LogP contribution is 2.29. The molecule has 2 fully saturated rings. The quantitative estimate of drug-likeness (QED) is 0.672. The lowest BCUT2D eigenvalue weighted by Gasteiger charge is -2.38. The number of aromatic nitrogens is 1. The van der Waals surface area contributed by atoms with E-state index >= 15 is 0 Å². The Hall–Kier alpha value is -2.29. The van der Waals surface area contributed by atoms with Crippen molar-refractivity contribution in [1.82, 2.24) is 19.1 Å². The third-order valence-electron chi connectivity index (χ3n) is 6.85. The van der Waals surface area contributed by atoms with Gasteiger partial charge in [0, 0.05) is 64.1 Å². The highest BCUT2D eigenvalue weighted by Gasteiger charge is 2.35. The van der Waals surface area contributed by atoms with Gasteiger partial charge >= 0.3 is 0 Å². The zero-order valence-corrected chi connectivity index (χ0v) is 20.6. The van der Waals surface area contributed by atoms with Crippen LogP contribution in [0.5, 0.6) is 0 Å². The maximum Gasteiger partial charge on any atom is 0.243 e. The number of amides is 1. The van der Waals surface area contributed by atoms with Crippen LogP contribution in [0.4, 0.5) is 0 Å². The number of hydrogen-bond acceptors (Lipinski definition) is 5. The summed E-state index contributed by atoms with van der Waals surface area (Å²) in [5.41, 5.74) is 3.87. The molecular weight excluding hydrogens is 436 g/mol. The van der Waals surface area contributed by atoms with Gasteiger partial charge in [-0.15, -0.1) is 0 Å². The fraction of sp³-hybridized carbons (Fsp3) is 0.520. The first-order valence-corrected chi connectivity index (χ1v) is 13.2. The van der Waals surface area contributed by atoms with Crippen LogP contribution in [-0.4, -0.2) is 72.7 Å². The number of carbonyl (C=O) groups excluding carboxylic acids is 1. The molecule has 1 amide bonds. The van der Waals surface area contributed by atoms with Gasteiger partial charge in [0.15, 0.2) is 0 Å². The van der Waals surface area contributed by atoms with Gasteiger partial charge in [-0.05, 0) is 62.4 Å². The molecule has 0 radical (unpaired) electrons. The van der Waals surface area contributed by atoms with Gasteiger partial charge in [0.1, 0.15) is 0 Å². The van der Waals surface area contributed by atoms with Crippen molar-refractivity contribution in [3.8, 4) is 0 Å². The first-order valence-electron chi connectivity index (χ1n) is 11.7. The molecule has 0 saturated carbocycles. The molecule has 4 rings (SSSR count). The van der Waals surface area contributed by atoms with E-state index in [1.54, 1.807) is 4.31 Å². The predicted molar refractivity (Wildman–Crippen MR) is 128 cm³/mol. The monoisotopic (exact) mass is 470 g/mol. The van der Waals surface area contributed by atoms with Crippen LogP contribution in [0, 0.1) is 26.7 Å². The number of hydrogen-bond donors (Lipinski definition) is 0. The number of aryl methyl sites for hydroxylation is 3. The minimum Gasteiger partial charge on any atom is -0.340 e. The van der Waals surface area contributed by atoms with Crippen molar-refractivity contribution in [2.45, 2.75) is 45.1 Å². The highest BCUT2D eigenvalue weighted by atomic mass is 32.2. The van der Waals surface area contributed by atoms with Crippen molar-refractivity contribution in [1.29, 1.82) is 0 Å². The summed E-state index contributed by atoms with van der Waals surface area (Å²) >= 11 is 0. The van der Waals surface area contributed by atoms with Gasteiger partial charge in [-0.3, -0.25) is 14.7 Å². The number of pyridine rings is 1. The predicted octanol–water partition coefficient (Wildman–Crippen LogP) is 2.75. The van der Waals surface area contributed by atoms with Crippen molar-refractivity contribution in [2.75, 3.05) is 39.3 Å². The topological polar surface area (TPSA) is 73.8 Å². The van der Waals surface area contributed by atoms with Crippen LogP contribution in [0.25, 0.3) is 0 Å². The number of carbonyl (C=O) groups is 1. The van der Waals surface area contributed by atoms with Crippen LogP contribution < -0.4 is 0 Å². The zero-order chi connectivity index (χ0) is 23.6. The van der Waals surface area contributed by atoms with Gasteiger partial charge in [-0.2, -0.15) is 4.31 Å². The Kier molecular flexibility index (Phi) is 7.16. The maximum absolute atomic E-state index is 13.3. The molecule has 2 aromatic rings. The zero-order valence-electron chi connectivity index (χ0n) is 19.8. The van der Waals surface area contributed by atoms with E-state index < -0.39 is 10.0 Å². The Morgan fingerprint density at radius 3 is 2.09 bits per heavy atom. The molecule has 0 bridgehead atoms. The fourth-order valence-electron chi connectivity index (χ4n) is 5.18. The summed E-state index contributed by atoms with van der Waals surface area (Å²) in [6.45, 7) is 10.5. The van der Waals surface area contributed by atoms with Gasteiger partial charge < -0.3 is 4.90 Å². The number of sulfonamides is 1. The molecule has 0 unspecified atom stereocenters. The minimum atomic E-state index is -3.55. The third-order valence-corrected chi connectivity index (χ3v) is 9.05. The van der Waals surface area contributed by atoms with Crippen LogP contribution in [0.2, 0.25) is 0 Å². The normalized spacial score (nSPS) is 19.1. The highest BCUT2D eigenvalue weighted by molar-refractivity contribution is 7.89. The molecule has 3 heterocycles. The Bertz CT molecular complexity index is 1060. The summed E-state index contributed by atoms with van der Waals surface area (Å²) < 4.78 is 28.2. The second-order valence-electron chi connectivity index (χ2n) is 9.36. The number of piperazine rings is 1. The molecule has 0 aliphatic carbocycles. The van der Waals surface area contributed by atoms with Gasteiger partial charge in [0.05, 0.1) is 4.90 Å². The number of benzene rings is 1. The number of piperidine rings is 1. The molecule has 2 aliphatic rings. The molecule has 178 valence electrons. The molecule has 0 spiro atoms. The summed E-state index contributed by atoms with van der Waals surface area (Å²) in [4.78, 5) is 21.9. The molecule has 33 heavy (non-hydrogen) atoms. The summed E-state index contributed by atoms with van der Waals surface area (Å²) in [6.07, 6.45) is 4.78. The lowest BCUT2D eigenvalue weighted by atomic mass is 9.96. The summed E-state index contributed by atoms with van der Waals surface area (Å²) in [5, 5.41) is 0. The van der Waals surface area contributed by atoms with Crippen LogP contribution in [0.15, 0.2) is 41.6 Å². The van der Waals surface area contributed by atoms with E-state index in [0.717, 1.165) is 49.4 Å². The van der Waals surface area contributed by atoms with Gasteiger partial charge in [-0.25, -0.2) is 8.42 Å². The second-order valence-corrected chi connectivity index (χ2v) is 11.2. The standard InChI is InChI=1S/C25H34N4O3S/c1-19-16-20(2)24(21(3)17-19)33(31,32)29-10-6-23(7-11-29)25(30)28-14-12-27(13-15-28)18-22-4-8-26-9-5-22/h4-5,8-9,16-17,23H,6-7,10-15,18H2,1-3H3. The van der Waals surface area contributed by atoms with Crippen molar-refractivity contribution in [2.24, 2.45) is 5.92 Å². The van der Waals surface area contributed by atoms with E-state index in [4.69, 9.17) is 0 Å². The molecular formula is C25H34N4O3S. The van der Waals surface area contributed by atoms with Crippen molar-refractivity contribution < 1.29 is 13.2 Å². The third kappa shape index (κ3) is 5.28. The van der Waals surface area contributed by atoms with Crippen molar-refractivity contribution >= 4 is 15.9 Å². The van der Waals surface area contributed by atoms with Gasteiger partial charge in [0.2, 0.25) is 15.9 Å². The van der Waals surface area contributed by atoms with Crippen LogP contribution >= 0.6 is 0 Å². The Morgan fingerprint density at radius 1 is 0.939 bits per heavy atom. The number of rotatable bonds is 5. The van der Waals surface area contributed by atoms with Crippen LogP contribution in [0.1, 0.15) is 35.1 Å². The average molecular weight is 471 g/mol. The van der Waals surface area contributed by atoms with E-state index in [1.807, 2.05) is 62.3 Å². The Morgan fingerprint density at radius 2 is 1.52 bits per heavy atom. The Balaban J connectivity index is 1.31. The maximum atomic E-state index is 13.3. The van der Waals surface area contributed by atoms with Crippen LogP contribution in [0.3, 0.4) is 0 Å². The van der Waals surface area contributed by atoms with E-state index in [9.17, 15) is 13.2 Å². The van der Waals surface area contributed by atoms with Gasteiger partial charge in [0.25, 0.3) is 0 Å². The lowest BCUT2D eigenvalue weighted by molar-refractivity contribution is -0.138. The largest absolute Gasteiger partial charge is 0.340 e. The van der Waals surface area contributed by atoms with Crippen LogP contribution in [-0.2, 0) is 21.4 Å². The van der Waals surface area contributed by atoms with E-state index in [0.29, 0.717) is 30.8 Å². The summed E-state index contributed by atoms with van der Waals surface area (Å²) in [7, 11) is -3.55. The summed E-state index contributed by atoms with van der Waals surface area (Å²) in [5.74, 6) is 0.0849. The average Bonchev–Trinajstić information content (AvgIpc) is 2.79. The van der Waals surface area contributed by atoms with E-state index in [2.05, 4.69) is 9.88 Å². The molecule has 0 atom stereocenters. The fourth-order valence-corrected chi connectivity index (χ4v) is 7.06. The Labute approximate surface area is 197 Å². The first kappa shape index (κ1) is 23.9. The molecule has 1 aromatic carbocycles. The molecule has 8 heteroatoms. The molecule has 2 aliphatic heterocycles. The van der Waals surface area contributed by atoms with Gasteiger partial charge in [-0.1, -0.05) is 17.7 Å². The summed E-state index contributed by atoms with van der Waals surface area (Å²) in [6, 6.07) is 7.90. The lowest BCUT2D eigenvalue weighted by Crippen LogP contribution is -2.51. The van der Waals surface area contributed by atoms with Crippen molar-refractivity contribution in [3.63, 3.8) is 0 Å². The molecule has 0 N–H and O–H groups in total. The molecule has 1 aromatic heterocycles. The first-order chi connectivity index (χ1) is 15.8. The van der Waals surface area contributed by atoms with E-state index in [1.165, 1.54) is 5.56 Å². The van der Waals surface area contributed by atoms with E-state index in [-0.39, 0.29) is 11.8 Å². The van der Waals surface area contributed by atoms with Crippen molar-refractivity contribution in [3.05, 3.63) is 58.9 Å². The second kappa shape index (κ2) is 9.91. The minimum absolute atomic E-state index is 0.0941. The molecule has 7 nitrogen and oxygen atoms in total. The number of nitrogens with zero attached hydrogens (tertiary/aromatic N) is 4.